The van der Waals surface area contributed by atoms with Crippen LogP contribution in [0.15, 0.2) is 18.2 Å². The first-order valence-electron chi connectivity index (χ1n) is 6.28. The topological polar surface area (TPSA) is 40.5 Å². The number of amides is 1. The summed E-state index contributed by atoms with van der Waals surface area (Å²) < 4.78 is 0. The molecule has 0 unspecified atom stereocenters. The molecule has 1 aliphatic rings. The Balaban J connectivity index is 1.85. The van der Waals surface area contributed by atoms with Gasteiger partial charge in [0.1, 0.15) is 0 Å². The molecule has 1 aliphatic heterocycles. The molecule has 3 nitrogen and oxygen atoms in total. The second kappa shape index (κ2) is 5.24. The predicted molar refractivity (Wildman–Crippen MR) is 74.5 cm³/mol. The zero-order valence-electron chi connectivity index (χ0n) is 10.8. The fourth-order valence-electron chi connectivity index (χ4n) is 2.25. The lowest BCUT2D eigenvalue weighted by molar-refractivity contribution is -0.151. The second-order valence-electron chi connectivity index (χ2n) is 4.95. The normalized spacial score (nSPS) is 18.1. The van der Waals surface area contributed by atoms with Crippen LogP contribution in [0.5, 0.6) is 0 Å². The number of hydrogen-bond acceptors (Lipinski definition) is 3. The smallest absolute Gasteiger partial charge is 0.246 e. The van der Waals surface area contributed by atoms with Gasteiger partial charge in [0.25, 0.3) is 0 Å². The third-order valence-electron chi connectivity index (χ3n) is 3.15. The van der Waals surface area contributed by atoms with Crippen molar-refractivity contribution >= 4 is 23.3 Å². The number of likely N-dealkylation sites (tertiary alicyclic amines) is 1. The van der Waals surface area contributed by atoms with Gasteiger partial charge >= 0.3 is 0 Å². The molecule has 1 saturated heterocycles. The van der Waals surface area contributed by atoms with Crippen molar-refractivity contribution in [2.24, 2.45) is 0 Å². The van der Waals surface area contributed by atoms with Gasteiger partial charge in [0, 0.05) is 15.8 Å². The summed E-state index contributed by atoms with van der Waals surface area (Å²) in [5.74, 6) is -0.0122. The SMILES string of the molecule is CCCC1(O)CN(C(=O)C=Cc2ccc(C)s2)C1. The molecule has 1 fully saturated rings. The van der Waals surface area contributed by atoms with E-state index < -0.39 is 5.60 Å². The summed E-state index contributed by atoms with van der Waals surface area (Å²) >= 11 is 1.67. The Morgan fingerprint density at radius 3 is 2.83 bits per heavy atom. The lowest BCUT2D eigenvalue weighted by Crippen LogP contribution is -2.63. The average molecular weight is 265 g/mol. The van der Waals surface area contributed by atoms with E-state index in [1.165, 1.54) is 4.88 Å². The fourth-order valence-corrected chi connectivity index (χ4v) is 3.03. The van der Waals surface area contributed by atoms with Gasteiger partial charge in [-0.25, -0.2) is 0 Å². The molecule has 0 spiro atoms. The maximum absolute atomic E-state index is 11.8. The van der Waals surface area contributed by atoms with Crippen LogP contribution >= 0.6 is 11.3 Å². The van der Waals surface area contributed by atoms with Gasteiger partial charge in [0.15, 0.2) is 0 Å². The van der Waals surface area contributed by atoms with Gasteiger partial charge in [0.2, 0.25) is 5.91 Å². The lowest BCUT2D eigenvalue weighted by atomic mass is 9.89. The van der Waals surface area contributed by atoms with E-state index in [1.54, 1.807) is 22.3 Å². The third kappa shape index (κ3) is 3.00. The van der Waals surface area contributed by atoms with E-state index in [9.17, 15) is 9.90 Å². The van der Waals surface area contributed by atoms with E-state index in [4.69, 9.17) is 0 Å². The Labute approximate surface area is 112 Å². The van der Waals surface area contributed by atoms with Crippen molar-refractivity contribution in [2.75, 3.05) is 13.1 Å². The van der Waals surface area contributed by atoms with Crippen LogP contribution in [0.2, 0.25) is 0 Å². The van der Waals surface area contributed by atoms with Crippen molar-refractivity contribution in [2.45, 2.75) is 32.3 Å². The van der Waals surface area contributed by atoms with Gasteiger partial charge in [-0.2, -0.15) is 0 Å². The maximum Gasteiger partial charge on any atom is 0.246 e. The Hall–Kier alpha value is -1.13. The molecule has 2 rings (SSSR count). The van der Waals surface area contributed by atoms with Crippen LogP contribution in [0.4, 0.5) is 0 Å². The molecule has 0 radical (unpaired) electrons. The molecular formula is C14H19NO2S. The quantitative estimate of drug-likeness (QED) is 0.849. The Kier molecular flexibility index (Phi) is 3.88. The molecule has 18 heavy (non-hydrogen) atoms. The zero-order chi connectivity index (χ0) is 13.2. The molecule has 1 aromatic heterocycles. The maximum atomic E-state index is 11.8. The minimum Gasteiger partial charge on any atom is -0.386 e. The standard InChI is InChI=1S/C14H19NO2S/c1-3-8-14(17)9-15(10-14)13(16)7-6-12-5-4-11(2)18-12/h4-7,17H,3,8-10H2,1-2H3. The second-order valence-corrected chi connectivity index (χ2v) is 6.27. The van der Waals surface area contributed by atoms with Gasteiger partial charge < -0.3 is 10.0 Å². The molecule has 1 amide bonds. The Bertz CT molecular complexity index is 458. The highest BCUT2D eigenvalue weighted by Gasteiger charge is 2.41. The summed E-state index contributed by atoms with van der Waals surface area (Å²) in [7, 11) is 0. The first kappa shape index (κ1) is 13.3. The first-order chi connectivity index (χ1) is 8.52. The molecule has 2 heterocycles. The molecule has 1 N–H and O–H groups in total. The minimum atomic E-state index is -0.641. The van der Waals surface area contributed by atoms with Gasteiger partial charge in [-0.15, -0.1) is 11.3 Å². The van der Waals surface area contributed by atoms with Gasteiger partial charge in [-0.1, -0.05) is 13.3 Å². The van der Waals surface area contributed by atoms with Crippen LogP contribution in [0.3, 0.4) is 0 Å². The minimum absolute atomic E-state index is 0.0122. The largest absolute Gasteiger partial charge is 0.386 e. The zero-order valence-corrected chi connectivity index (χ0v) is 11.7. The summed E-state index contributed by atoms with van der Waals surface area (Å²) in [6.07, 6.45) is 5.15. The van der Waals surface area contributed by atoms with Crippen molar-refractivity contribution in [1.82, 2.24) is 4.90 Å². The van der Waals surface area contributed by atoms with Gasteiger partial charge in [-0.05, 0) is 31.6 Å². The molecule has 0 atom stereocenters. The highest BCUT2D eigenvalue weighted by atomic mass is 32.1. The van der Waals surface area contributed by atoms with Crippen molar-refractivity contribution in [3.05, 3.63) is 28.0 Å². The van der Waals surface area contributed by atoms with Crippen LogP contribution in [0.25, 0.3) is 6.08 Å². The molecule has 0 aromatic carbocycles. The molecule has 98 valence electrons. The van der Waals surface area contributed by atoms with Crippen molar-refractivity contribution < 1.29 is 9.90 Å². The molecule has 0 aliphatic carbocycles. The Morgan fingerprint density at radius 2 is 2.28 bits per heavy atom. The van der Waals surface area contributed by atoms with E-state index in [0.29, 0.717) is 13.1 Å². The summed E-state index contributed by atoms with van der Waals surface area (Å²) in [6.45, 7) is 5.02. The average Bonchev–Trinajstić information content (AvgIpc) is 2.69. The van der Waals surface area contributed by atoms with Gasteiger partial charge in [0.05, 0.1) is 18.7 Å². The van der Waals surface area contributed by atoms with E-state index in [-0.39, 0.29) is 5.91 Å². The number of thiophene rings is 1. The highest BCUT2D eigenvalue weighted by Crippen LogP contribution is 2.26. The van der Waals surface area contributed by atoms with Crippen molar-refractivity contribution in [3.63, 3.8) is 0 Å². The molecular weight excluding hydrogens is 246 g/mol. The number of carbonyl (C=O) groups is 1. The number of aliphatic hydroxyl groups is 1. The number of nitrogens with zero attached hydrogens (tertiary/aromatic N) is 1. The number of carbonyl (C=O) groups excluding carboxylic acids is 1. The molecule has 4 heteroatoms. The van der Waals surface area contributed by atoms with Crippen LogP contribution in [0.1, 0.15) is 29.5 Å². The summed E-state index contributed by atoms with van der Waals surface area (Å²) in [5, 5.41) is 10.0. The van der Waals surface area contributed by atoms with E-state index in [0.717, 1.165) is 17.7 Å². The van der Waals surface area contributed by atoms with Crippen LogP contribution < -0.4 is 0 Å². The van der Waals surface area contributed by atoms with Crippen molar-refractivity contribution in [3.8, 4) is 0 Å². The number of rotatable bonds is 4. The Morgan fingerprint density at radius 1 is 1.56 bits per heavy atom. The van der Waals surface area contributed by atoms with Crippen LogP contribution in [0, 0.1) is 6.92 Å². The number of β-amino-alcohol motifs (C(OH)–C–C–N with tert-alkyl or cyclic N) is 1. The van der Waals surface area contributed by atoms with E-state index in [2.05, 4.69) is 0 Å². The fraction of sp³-hybridized carbons (Fsp3) is 0.500. The monoisotopic (exact) mass is 265 g/mol. The number of hydrogen-bond donors (Lipinski definition) is 1. The summed E-state index contributed by atoms with van der Waals surface area (Å²) in [4.78, 5) is 15.8. The van der Waals surface area contributed by atoms with Crippen LogP contribution in [-0.2, 0) is 4.79 Å². The third-order valence-corrected chi connectivity index (χ3v) is 4.11. The molecule has 1 aromatic rings. The molecule has 0 saturated carbocycles. The lowest BCUT2D eigenvalue weighted by Gasteiger charge is -2.46. The first-order valence-corrected chi connectivity index (χ1v) is 7.10. The summed E-state index contributed by atoms with van der Waals surface area (Å²) in [6, 6.07) is 4.05. The van der Waals surface area contributed by atoms with Crippen molar-refractivity contribution in [1.29, 1.82) is 0 Å². The number of aryl methyl sites for hydroxylation is 1. The summed E-state index contributed by atoms with van der Waals surface area (Å²) in [5.41, 5.74) is -0.641. The van der Waals surface area contributed by atoms with E-state index in [1.807, 2.05) is 32.1 Å². The van der Waals surface area contributed by atoms with Crippen LogP contribution in [-0.4, -0.2) is 34.6 Å². The van der Waals surface area contributed by atoms with E-state index >= 15 is 0 Å². The highest BCUT2D eigenvalue weighted by molar-refractivity contribution is 7.12. The molecule has 0 bridgehead atoms. The predicted octanol–water partition coefficient (Wildman–Crippen LogP) is 2.44. The van der Waals surface area contributed by atoms with Gasteiger partial charge in [-0.3, -0.25) is 4.79 Å².